The quantitative estimate of drug-likeness (QED) is 0.807. The average molecular weight is 248 g/mol. The van der Waals surface area contributed by atoms with Gasteiger partial charge in [-0.25, -0.2) is 0 Å². The fraction of sp³-hybridized carbons (Fsp3) is 0.533. The zero-order valence-electron chi connectivity index (χ0n) is 11.9. The van der Waals surface area contributed by atoms with Gasteiger partial charge >= 0.3 is 0 Å². The van der Waals surface area contributed by atoms with Gasteiger partial charge in [-0.05, 0) is 56.0 Å². The third-order valence-electron chi connectivity index (χ3n) is 3.20. The van der Waals surface area contributed by atoms with Gasteiger partial charge in [0.1, 0.15) is 0 Å². The summed E-state index contributed by atoms with van der Waals surface area (Å²) in [7, 11) is 0. The molecule has 3 heteroatoms. The summed E-state index contributed by atoms with van der Waals surface area (Å²) >= 11 is 0. The molecule has 0 heterocycles. The Morgan fingerprint density at radius 1 is 1.11 bits per heavy atom. The summed E-state index contributed by atoms with van der Waals surface area (Å²) in [5, 5.41) is 5.94. The number of amides is 1. The second kappa shape index (κ2) is 7.17. The molecular formula is C15H24N2O. The van der Waals surface area contributed by atoms with Crippen LogP contribution in [0.2, 0.25) is 0 Å². The van der Waals surface area contributed by atoms with Gasteiger partial charge in [0.15, 0.2) is 0 Å². The van der Waals surface area contributed by atoms with Crippen LogP contribution in [0.4, 0.5) is 0 Å². The van der Waals surface area contributed by atoms with Gasteiger partial charge in [0.05, 0.1) is 6.54 Å². The number of likely N-dealkylation sites (N-methyl/N-ethyl adjacent to an activating group) is 1. The van der Waals surface area contributed by atoms with Crippen molar-refractivity contribution in [3.8, 4) is 0 Å². The van der Waals surface area contributed by atoms with Crippen LogP contribution < -0.4 is 10.6 Å². The van der Waals surface area contributed by atoms with E-state index in [0.717, 1.165) is 13.0 Å². The van der Waals surface area contributed by atoms with Crippen molar-refractivity contribution in [1.82, 2.24) is 10.6 Å². The first-order chi connectivity index (χ1) is 8.54. The number of rotatable bonds is 6. The molecule has 3 nitrogen and oxygen atoms in total. The van der Waals surface area contributed by atoms with Crippen molar-refractivity contribution in [2.75, 3.05) is 19.6 Å². The Morgan fingerprint density at radius 3 is 2.44 bits per heavy atom. The van der Waals surface area contributed by atoms with Crippen molar-refractivity contribution in [1.29, 1.82) is 0 Å². The molecule has 100 valence electrons. The third kappa shape index (κ3) is 4.49. The molecule has 18 heavy (non-hydrogen) atoms. The molecule has 0 aromatic heterocycles. The Morgan fingerprint density at radius 2 is 1.78 bits per heavy atom. The molecule has 0 bridgehead atoms. The molecule has 0 saturated heterocycles. The smallest absolute Gasteiger partial charge is 0.233 e. The van der Waals surface area contributed by atoms with Crippen LogP contribution in [0, 0.1) is 20.8 Å². The molecule has 0 spiro atoms. The van der Waals surface area contributed by atoms with Gasteiger partial charge in [0, 0.05) is 6.54 Å². The minimum Gasteiger partial charge on any atom is -0.355 e. The van der Waals surface area contributed by atoms with Gasteiger partial charge in [-0.3, -0.25) is 4.79 Å². The summed E-state index contributed by atoms with van der Waals surface area (Å²) in [5.74, 6) is 0.0679. The SMILES string of the molecule is CCNCC(=O)NCCc1cc(C)c(C)cc1C. The van der Waals surface area contributed by atoms with E-state index in [2.05, 4.69) is 43.5 Å². The fourth-order valence-corrected chi connectivity index (χ4v) is 1.93. The Labute approximate surface area is 110 Å². The van der Waals surface area contributed by atoms with Crippen LogP contribution in [0.25, 0.3) is 0 Å². The normalized spacial score (nSPS) is 10.4. The molecule has 0 aliphatic carbocycles. The number of nitrogens with one attached hydrogen (secondary N) is 2. The maximum atomic E-state index is 11.4. The van der Waals surface area contributed by atoms with E-state index in [1.165, 1.54) is 22.3 Å². The van der Waals surface area contributed by atoms with Crippen molar-refractivity contribution in [2.45, 2.75) is 34.1 Å². The van der Waals surface area contributed by atoms with Crippen LogP contribution in [0.5, 0.6) is 0 Å². The lowest BCUT2D eigenvalue weighted by molar-refractivity contribution is -0.120. The molecule has 0 radical (unpaired) electrons. The minimum atomic E-state index is 0.0679. The summed E-state index contributed by atoms with van der Waals surface area (Å²) < 4.78 is 0. The van der Waals surface area contributed by atoms with Crippen LogP contribution in [0.3, 0.4) is 0 Å². The van der Waals surface area contributed by atoms with Gasteiger partial charge in [-0.1, -0.05) is 19.1 Å². The molecule has 0 unspecified atom stereocenters. The van der Waals surface area contributed by atoms with E-state index >= 15 is 0 Å². The Balaban J connectivity index is 2.44. The molecule has 0 fully saturated rings. The van der Waals surface area contributed by atoms with Gasteiger partial charge in [-0.15, -0.1) is 0 Å². The van der Waals surface area contributed by atoms with E-state index < -0.39 is 0 Å². The highest BCUT2D eigenvalue weighted by Crippen LogP contribution is 2.15. The summed E-state index contributed by atoms with van der Waals surface area (Å²) in [6, 6.07) is 4.44. The van der Waals surface area contributed by atoms with Crippen LogP contribution >= 0.6 is 0 Å². The average Bonchev–Trinajstić information content (AvgIpc) is 2.33. The Bertz CT molecular complexity index is 413. The standard InChI is InChI=1S/C15H24N2O/c1-5-16-10-15(18)17-7-6-14-9-12(3)11(2)8-13(14)4/h8-9,16H,5-7,10H2,1-4H3,(H,17,18). The number of hydrogen-bond acceptors (Lipinski definition) is 2. The zero-order chi connectivity index (χ0) is 13.5. The molecule has 1 aromatic carbocycles. The number of carbonyl (C=O) groups is 1. The van der Waals surface area contributed by atoms with E-state index in [1.54, 1.807) is 0 Å². The van der Waals surface area contributed by atoms with Crippen LogP contribution in [-0.4, -0.2) is 25.5 Å². The monoisotopic (exact) mass is 248 g/mol. The second-order valence-electron chi connectivity index (χ2n) is 4.74. The number of benzene rings is 1. The third-order valence-corrected chi connectivity index (χ3v) is 3.20. The van der Waals surface area contributed by atoms with Gasteiger partial charge in [-0.2, -0.15) is 0 Å². The lowest BCUT2D eigenvalue weighted by Gasteiger charge is -2.10. The minimum absolute atomic E-state index is 0.0679. The predicted molar refractivity (Wildman–Crippen MR) is 75.9 cm³/mol. The topological polar surface area (TPSA) is 41.1 Å². The Kier molecular flexibility index (Phi) is 5.86. The van der Waals surface area contributed by atoms with Crippen molar-refractivity contribution < 1.29 is 4.79 Å². The van der Waals surface area contributed by atoms with Crippen molar-refractivity contribution in [3.05, 3.63) is 34.4 Å². The Hall–Kier alpha value is -1.35. The largest absolute Gasteiger partial charge is 0.355 e. The molecule has 0 atom stereocenters. The van der Waals surface area contributed by atoms with Crippen molar-refractivity contribution in [2.24, 2.45) is 0 Å². The summed E-state index contributed by atoms with van der Waals surface area (Å²) in [6.45, 7) is 10.3. The summed E-state index contributed by atoms with van der Waals surface area (Å²) in [6.07, 6.45) is 0.894. The van der Waals surface area contributed by atoms with Gasteiger partial charge < -0.3 is 10.6 Å². The predicted octanol–water partition coefficient (Wildman–Crippen LogP) is 1.88. The summed E-state index contributed by atoms with van der Waals surface area (Å²) in [4.78, 5) is 11.4. The van der Waals surface area contributed by atoms with E-state index in [9.17, 15) is 4.79 Å². The molecular weight excluding hydrogens is 224 g/mol. The first-order valence-electron chi connectivity index (χ1n) is 6.58. The number of hydrogen-bond donors (Lipinski definition) is 2. The molecule has 1 rings (SSSR count). The lowest BCUT2D eigenvalue weighted by atomic mass is 9.99. The van der Waals surface area contributed by atoms with E-state index in [0.29, 0.717) is 13.1 Å². The van der Waals surface area contributed by atoms with Crippen LogP contribution in [0.1, 0.15) is 29.2 Å². The van der Waals surface area contributed by atoms with Crippen molar-refractivity contribution in [3.63, 3.8) is 0 Å². The second-order valence-corrected chi connectivity index (χ2v) is 4.74. The van der Waals surface area contributed by atoms with Gasteiger partial charge in [0.25, 0.3) is 0 Å². The van der Waals surface area contributed by atoms with Gasteiger partial charge in [0.2, 0.25) is 5.91 Å². The van der Waals surface area contributed by atoms with E-state index in [1.807, 2.05) is 6.92 Å². The molecule has 2 N–H and O–H groups in total. The molecule has 0 aliphatic rings. The molecule has 1 amide bonds. The highest BCUT2D eigenvalue weighted by Gasteiger charge is 2.03. The number of carbonyl (C=O) groups excluding carboxylic acids is 1. The van der Waals surface area contributed by atoms with E-state index in [4.69, 9.17) is 0 Å². The van der Waals surface area contributed by atoms with Crippen molar-refractivity contribution >= 4 is 5.91 Å². The first kappa shape index (κ1) is 14.7. The zero-order valence-corrected chi connectivity index (χ0v) is 11.9. The molecule has 0 aliphatic heterocycles. The maximum Gasteiger partial charge on any atom is 0.233 e. The highest BCUT2D eigenvalue weighted by atomic mass is 16.1. The molecule has 1 aromatic rings. The van der Waals surface area contributed by atoms with Crippen LogP contribution in [0.15, 0.2) is 12.1 Å². The van der Waals surface area contributed by atoms with E-state index in [-0.39, 0.29) is 5.91 Å². The van der Waals surface area contributed by atoms with Crippen LogP contribution in [-0.2, 0) is 11.2 Å². The summed E-state index contributed by atoms with van der Waals surface area (Å²) in [5.41, 5.74) is 5.27. The fourth-order valence-electron chi connectivity index (χ4n) is 1.93. The molecule has 0 saturated carbocycles. The lowest BCUT2D eigenvalue weighted by Crippen LogP contribution is -2.34. The highest BCUT2D eigenvalue weighted by molar-refractivity contribution is 5.77. The maximum absolute atomic E-state index is 11.4. The number of aryl methyl sites for hydroxylation is 3. The first-order valence-corrected chi connectivity index (χ1v) is 6.58.